The lowest BCUT2D eigenvalue weighted by Crippen LogP contribution is -2.44. The fraction of sp³-hybridized carbons (Fsp3) is 0.385. The number of carbonyl (C=O) groups excluding carboxylic acids is 1. The number of carbonyl (C=O) groups is 1. The van der Waals surface area contributed by atoms with Gasteiger partial charge in [-0.05, 0) is 42.8 Å². The van der Waals surface area contributed by atoms with E-state index in [-0.39, 0.29) is 10.6 Å². The molecular formula is C26H32N2O3Si. The zero-order valence-corrected chi connectivity index (χ0v) is 21.1. The molecule has 0 aliphatic heterocycles. The standard InChI is InChI=1S/C26H32N2O3Si/c1-8-13-28-22-12-10-9-11-20(22)21-15-18(14-19(17-27)25(29)30-5)24(16-23(21)28)31-32(6,7)26(2,3)4/h9-12,14-16H,8,13H2,1-7H3/b19-14+. The summed E-state index contributed by atoms with van der Waals surface area (Å²) in [6, 6.07) is 14.4. The van der Waals surface area contributed by atoms with Crippen LogP contribution >= 0.6 is 0 Å². The maximum Gasteiger partial charge on any atom is 0.348 e. The van der Waals surface area contributed by atoms with Gasteiger partial charge < -0.3 is 13.7 Å². The van der Waals surface area contributed by atoms with E-state index in [9.17, 15) is 10.1 Å². The van der Waals surface area contributed by atoms with Gasteiger partial charge in [0.05, 0.1) is 12.6 Å². The molecule has 0 saturated carbocycles. The zero-order chi connectivity index (χ0) is 23.7. The third kappa shape index (κ3) is 4.30. The molecule has 3 aromatic rings. The summed E-state index contributed by atoms with van der Waals surface area (Å²) in [5, 5.41) is 11.8. The molecule has 0 bridgehead atoms. The van der Waals surface area contributed by atoms with Gasteiger partial charge in [0.25, 0.3) is 8.32 Å². The smallest absolute Gasteiger partial charge is 0.348 e. The Bertz CT molecular complexity index is 1240. The summed E-state index contributed by atoms with van der Waals surface area (Å²) in [4.78, 5) is 12.1. The lowest BCUT2D eigenvalue weighted by molar-refractivity contribution is -0.135. The number of hydrogen-bond acceptors (Lipinski definition) is 4. The number of ether oxygens (including phenoxy) is 1. The highest BCUT2D eigenvalue weighted by Crippen LogP contribution is 2.41. The van der Waals surface area contributed by atoms with E-state index in [1.165, 1.54) is 7.11 Å². The van der Waals surface area contributed by atoms with Gasteiger partial charge in [-0.1, -0.05) is 45.9 Å². The Hall–Kier alpha value is -3.04. The number of methoxy groups -OCH3 is 1. The topological polar surface area (TPSA) is 64.2 Å². The monoisotopic (exact) mass is 448 g/mol. The van der Waals surface area contributed by atoms with Gasteiger partial charge >= 0.3 is 5.97 Å². The normalized spacial score (nSPS) is 12.8. The van der Waals surface area contributed by atoms with E-state index in [1.54, 1.807) is 6.08 Å². The minimum absolute atomic E-state index is 0.000521. The summed E-state index contributed by atoms with van der Waals surface area (Å²) in [6.07, 6.45) is 2.59. The highest BCUT2D eigenvalue weighted by molar-refractivity contribution is 6.74. The van der Waals surface area contributed by atoms with Crippen molar-refractivity contribution in [3.63, 3.8) is 0 Å². The van der Waals surface area contributed by atoms with E-state index < -0.39 is 14.3 Å². The summed E-state index contributed by atoms with van der Waals surface area (Å²) in [5.41, 5.74) is 2.92. The molecule has 0 radical (unpaired) electrons. The first-order valence-electron chi connectivity index (χ1n) is 11.0. The minimum atomic E-state index is -2.17. The summed E-state index contributed by atoms with van der Waals surface area (Å²) in [5.74, 6) is 0.0418. The van der Waals surface area contributed by atoms with Crippen molar-refractivity contribution in [2.24, 2.45) is 0 Å². The van der Waals surface area contributed by atoms with E-state index >= 15 is 0 Å². The number of esters is 1. The average molecular weight is 449 g/mol. The number of para-hydroxylation sites is 1. The van der Waals surface area contributed by atoms with Crippen LogP contribution in [0.4, 0.5) is 0 Å². The number of nitriles is 1. The maximum absolute atomic E-state index is 12.1. The van der Waals surface area contributed by atoms with Gasteiger partial charge in [-0.15, -0.1) is 0 Å². The van der Waals surface area contributed by atoms with Crippen molar-refractivity contribution in [3.8, 4) is 11.8 Å². The third-order valence-corrected chi connectivity index (χ3v) is 10.7. The summed E-state index contributed by atoms with van der Waals surface area (Å²) >= 11 is 0. The molecule has 5 nitrogen and oxygen atoms in total. The highest BCUT2D eigenvalue weighted by Gasteiger charge is 2.39. The fourth-order valence-corrected chi connectivity index (χ4v) is 4.62. The molecule has 0 fully saturated rings. The van der Waals surface area contributed by atoms with E-state index in [4.69, 9.17) is 9.16 Å². The van der Waals surface area contributed by atoms with Gasteiger partial charge in [-0.3, -0.25) is 0 Å². The number of fused-ring (bicyclic) bond motifs is 3. The van der Waals surface area contributed by atoms with Crippen LogP contribution in [0.15, 0.2) is 42.0 Å². The fourth-order valence-electron chi connectivity index (χ4n) is 3.59. The number of aromatic nitrogens is 1. The van der Waals surface area contributed by atoms with Crippen molar-refractivity contribution in [1.82, 2.24) is 4.57 Å². The second kappa shape index (κ2) is 8.83. The minimum Gasteiger partial charge on any atom is -0.543 e. The van der Waals surface area contributed by atoms with E-state index in [2.05, 4.69) is 63.6 Å². The highest BCUT2D eigenvalue weighted by atomic mass is 28.4. The molecule has 3 rings (SSSR count). The molecule has 0 amide bonds. The lowest BCUT2D eigenvalue weighted by Gasteiger charge is -2.37. The zero-order valence-electron chi connectivity index (χ0n) is 20.1. The van der Waals surface area contributed by atoms with Crippen LogP contribution in [0.25, 0.3) is 27.9 Å². The van der Waals surface area contributed by atoms with Crippen molar-refractivity contribution in [1.29, 1.82) is 5.26 Å². The number of nitrogens with zero attached hydrogens (tertiary/aromatic N) is 2. The largest absolute Gasteiger partial charge is 0.543 e. The average Bonchev–Trinajstić information content (AvgIpc) is 3.03. The molecule has 0 saturated heterocycles. The Labute approximate surface area is 191 Å². The molecule has 6 heteroatoms. The van der Waals surface area contributed by atoms with Gasteiger partial charge in [0.15, 0.2) is 0 Å². The number of hydrogen-bond donors (Lipinski definition) is 0. The van der Waals surface area contributed by atoms with Crippen LogP contribution in [0, 0.1) is 11.3 Å². The second-order valence-electron chi connectivity index (χ2n) is 9.60. The van der Waals surface area contributed by atoms with Crippen LogP contribution in [0.5, 0.6) is 5.75 Å². The Morgan fingerprint density at radius 1 is 1.16 bits per heavy atom. The summed E-state index contributed by atoms with van der Waals surface area (Å²) in [7, 11) is -0.894. The molecule has 0 unspecified atom stereocenters. The van der Waals surface area contributed by atoms with Crippen LogP contribution in [0.3, 0.4) is 0 Å². The van der Waals surface area contributed by atoms with Crippen molar-refractivity contribution in [3.05, 3.63) is 47.5 Å². The van der Waals surface area contributed by atoms with Gasteiger partial charge in [0.1, 0.15) is 17.4 Å². The maximum atomic E-state index is 12.1. The number of aryl methyl sites for hydroxylation is 1. The van der Waals surface area contributed by atoms with Crippen molar-refractivity contribution < 1.29 is 14.0 Å². The molecule has 2 aromatic carbocycles. The van der Waals surface area contributed by atoms with E-state index in [1.807, 2.05) is 24.3 Å². The third-order valence-electron chi connectivity index (χ3n) is 6.35. The number of rotatable bonds is 6. The molecule has 0 atom stereocenters. The first kappa shape index (κ1) is 23.6. The van der Waals surface area contributed by atoms with E-state index in [0.29, 0.717) is 11.3 Å². The van der Waals surface area contributed by atoms with Crippen molar-refractivity contribution in [2.75, 3.05) is 7.11 Å². The van der Waals surface area contributed by atoms with Crippen LogP contribution in [-0.2, 0) is 16.1 Å². The quantitative estimate of drug-likeness (QED) is 0.183. The molecular weight excluding hydrogens is 416 g/mol. The lowest BCUT2D eigenvalue weighted by atomic mass is 10.1. The Morgan fingerprint density at radius 2 is 1.84 bits per heavy atom. The Balaban J connectivity index is 2.36. The molecule has 0 spiro atoms. The van der Waals surface area contributed by atoms with Crippen LogP contribution in [-0.4, -0.2) is 26.0 Å². The molecule has 32 heavy (non-hydrogen) atoms. The SMILES string of the molecule is CCCn1c2ccccc2c2cc(/C=C(\C#N)C(=O)OC)c(O[Si](C)(C)C(C)(C)C)cc21. The summed E-state index contributed by atoms with van der Waals surface area (Å²) in [6.45, 7) is 14.0. The van der Waals surface area contributed by atoms with E-state index in [0.717, 1.165) is 34.8 Å². The molecule has 1 aromatic heterocycles. The molecule has 0 aliphatic rings. The van der Waals surface area contributed by atoms with Gasteiger partial charge in [0.2, 0.25) is 0 Å². The Morgan fingerprint density at radius 3 is 2.44 bits per heavy atom. The van der Waals surface area contributed by atoms with Crippen LogP contribution in [0.2, 0.25) is 18.1 Å². The van der Waals surface area contributed by atoms with Crippen LogP contribution in [0.1, 0.15) is 39.7 Å². The Kier molecular flexibility index (Phi) is 6.52. The van der Waals surface area contributed by atoms with Gasteiger partial charge in [0, 0.05) is 34.5 Å². The molecule has 0 N–H and O–H groups in total. The molecule has 168 valence electrons. The van der Waals surface area contributed by atoms with Crippen molar-refractivity contribution in [2.45, 2.75) is 58.8 Å². The summed E-state index contributed by atoms with van der Waals surface area (Å²) < 4.78 is 13.8. The van der Waals surface area contributed by atoms with Crippen molar-refractivity contribution >= 4 is 42.2 Å². The second-order valence-corrected chi connectivity index (χ2v) is 14.3. The van der Waals surface area contributed by atoms with Crippen LogP contribution < -0.4 is 4.43 Å². The van der Waals surface area contributed by atoms with Gasteiger partial charge in [-0.25, -0.2) is 4.79 Å². The predicted octanol–water partition coefficient (Wildman–Crippen LogP) is 6.67. The first-order valence-corrected chi connectivity index (χ1v) is 13.9. The first-order chi connectivity index (χ1) is 15.0. The number of benzene rings is 2. The predicted molar refractivity (Wildman–Crippen MR) is 133 cm³/mol. The molecule has 1 heterocycles. The molecule has 0 aliphatic carbocycles. The van der Waals surface area contributed by atoms with Gasteiger partial charge in [-0.2, -0.15) is 5.26 Å².